The lowest BCUT2D eigenvalue weighted by Gasteiger charge is -2.44. The van der Waals surface area contributed by atoms with Crippen molar-refractivity contribution in [2.45, 2.75) is 17.7 Å². The Balaban J connectivity index is 1.43. The number of likely N-dealkylation sites (tertiary alicyclic amines) is 1. The predicted molar refractivity (Wildman–Crippen MR) is 109 cm³/mol. The van der Waals surface area contributed by atoms with Crippen molar-refractivity contribution in [2.75, 3.05) is 30.7 Å². The first-order valence-electron chi connectivity index (χ1n) is 9.51. The first-order valence-corrected chi connectivity index (χ1v) is 10.5. The zero-order valence-electron chi connectivity index (χ0n) is 15.7. The minimum Gasteiger partial charge on any atom is -0.324 e. The van der Waals surface area contributed by atoms with Gasteiger partial charge in [-0.1, -0.05) is 24.3 Å². The van der Waals surface area contributed by atoms with Crippen LogP contribution in [0.4, 0.5) is 19.3 Å². The van der Waals surface area contributed by atoms with Gasteiger partial charge >= 0.3 is 6.03 Å². The molecule has 2 fully saturated rings. The molecule has 2 aromatic carbocycles. The summed E-state index contributed by atoms with van der Waals surface area (Å²) in [5.41, 5.74) is 0.221. The lowest BCUT2D eigenvalue weighted by molar-refractivity contribution is 0.0581. The van der Waals surface area contributed by atoms with Crippen LogP contribution in [0.15, 0.2) is 48.5 Å². The molecule has 3 amide bonds. The van der Waals surface area contributed by atoms with E-state index >= 15 is 0 Å². The molecule has 1 N–H and O–H groups in total. The fourth-order valence-corrected chi connectivity index (χ4v) is 5.36. The smallest absolute Gasteiger partial charge is 0.321 e. The van der Waals surface area contributed by atoms with Crippen molar-refractivity contribution in [2.24, 2.45) is 0 Å². The second-order valence-electron chi connectivity index (χ2n) is 7.13. The van der Waals surface area contributed by atoms with Gasteiger partial charge < -0.3 is 15.1 Å². The molecule has 4 rings (SSSR count). The van der Waals surface area contributed by atoms with Crippen molar-refractivity contribution < 1.29 is 18.4 Å². The Labute approximate surface area is 172 Å². The summed E-state index contributed by atoms with van der Waals surface area (Å²) >= 11 is 1.69. The highest BCUT2D eigenvalue weighted by atomic mass is 32.2. The number of benzene rings is 2. The molecule has 0 bridgehead atoms. The normalized spacial score (nSPS) is 18.1. The summed E-state index contributed by atoms with van der Waals surface area (Å²) in [6.45, 7) is 1.43. The number of halogens is 2. The van der Waals surface area contributed by atoms with E-state index in [0.717, 1.165) is 5.75 Å². The van der Waals surface area contributed by atoms with Crippen molar-refractivity contribution in [1.29, 1.82) is 0 Å². The number of hydrogen-bond acceptors (Lipinski definition) is 3. The fraction of sp³-hybridized carbons (Fsp3) is 0.333. The van der Waals surface area contributed by atoms with Crippen molar-refractivity contribution in [1.82, 2.24) is 9.80 Å². The zero-order valence-corrected chi connectivity index (χ0v) is 16.6. The van der Waals surface area contributed by atoms with Crippen LogP contribution in [0.25, 0.3) is 0 Å². The first kappa shape index (κ1) is 19.7. The van der Waals surface area contributed by atoms with E-state index in [4.69, 9.17) is 0 Å². The Hall–Kier alpha value is -2.61. The van der Waals surface area contributed by atoms with E-state index in [0.29, 0.717) is 32.5 Å². The number of thioether (sulfide) groups is 1. The Morgan fingerprint density at radius 2 is 1.59 bits per heavy atom. The maximum atomic E-state index is 14.1. The monoisotopic (exact) mass is 417 g/mol. The van der Waals surface area contributed by atoms with Gasteiger partial charge in [-0.3, -0.25) is 4.79 Å². The van der Waals surface area contributed by atoms with Crippen LogP contribution < -0.4 is 5.32 Å². The number of para-hydroxylation sites is 1. The largest absolute Gasteiger partial charge is 0.324 e. The van der Waals surface area contributed by atoms with E-state index < -0.39 is 16.5 Å². The van der Waals surface area contributed by atoms with E-state index in [2.05, 4.69) is 5.32 Å². The molecule has 2 aliphatic heterocycles. The topological polar surface area (TPSA) is 52.7 Å². The molecule has 152 valence electrons. The summed E-state index contributed by atoms with van der Waals surface area (Å²) in [7, 11) is 0. The van der Waals surface area contributed by atoms with Crippen LogP contribution in [0.3, 0.4) is 0 Å². The SMILES string of the molecule is O=C(Nc1ccccc1F)N1CCC2(CC1)SCCN2C(=O)c1ccccc1F. The molecule has 5 nitrogen and oxygen atoms in total. The van der Waals surface area contributed by atoms with Gasteiger partial charge in [0, 0.05) is 25.4 Å². The number of rotatable bonds is 2. The minimum atomic E-state index is -0.522. The molecule has 0 saturated carbocycles. The molecule has 0 aromatic heterocycles. The molecule has 29 heavy (non-hydrogen) atoms. The molecule has 1 spiro atoms. The number of piperidine rings is 1. The van der Waals surface area contributed by atoms with Crippen molar-refractivity contribution in [3.63, 3.8) is 0 Å². The average Bonchev–Trinajstić information content (AvgIpc) is 3.13. The number of carbonyl (C=O) groups is 2. The number of hydrogen-bond donors (Lipinski definition) is 1. The Bertz CT molecular complexity index is 932. The molecular weight excluding hydrogens is 396 g/mol. The molecule has 0 unspecified atom stereocenters. The Morgan fingerprint density at radius 3 is 2.28 bits per heavy atom. The number of amides is 3. The van der Waals surface area contributed by atoms with E-state index in [1.807, 2.05) is 0 Å². The maximum absolute atomic E-state index is 14.1. The van der Waals surface area contributed by atoms with Crippen LogP contribution in [0, 0.1) is 11.6 Å². The summed E-state index contributed by atoms with van der Waals surface area (Å²) in [6, 6.07) is 11.7. The Morgan fingerprint density at radius 1 is 0.931 bits per heavy atom. The minimum absolute atomic E-state index is 0.0779. The number of nitrogens with one attached hydrogen (secondary N) is 1. The predicted octanol–water partition coefficient (Wildman–Crippen LogP) is 4.18. The highest BCUT2D eigenvalue weighted by molar-refractivity contribution is 8.00. The van der Waals surface area contributed by atoms with E-state index in [9.17, 15) is 18.4 Å². The Kier molecular flexibility index (Phi) is 5.45. The molecule has 2 aromatic rings. The van der Waals surface area contributed by atoms with Crippen molar-refractivity contribution in [3.05, 3.63) is 65.7 Å². The number of anilines is 1. The molecule has 0 atom stereocenters. The van der Waals surface area contributed by atoms with Gasteiger partial charge in [-0.15, -0.1) is 11.8 Å². The van der Waals surface area contributed by atoms with Gasteiger partial charge in [0.1, 0.15) is 11.6 Å². The fourth-order valence-electron chi connectivity index (χ4n) is 3.91. The van der Waals surface area contributed by atoms with Gasteiger partial charge in [0.05, 0.1) is 16.1 Å². The van der Waals surface area contributed by atoms with Crippen LogP contribution in [0.1, 0.15) is 23.2 Å². The van der Waals surface area contributed by atoms with Crippen LogP contribution in [0.5, 0.6) is 0 Å². The molecule has 0 radical (unpaired) electrons. The average molecular weight is 417 g/mol. The summed E-state index contributed by atoms with van der Waals surface area (Å²) in [4.78, 5) is 28.4. The molecule has 2 aliphatic rings. The van der Waals surface area contributed by atoms with Crippen LogP contribution in [-0.4, -0.2) is 52.0 Å². The summed E-state index contributed by atoms with van der Waals surface area (Å²) in [6.07, 6.45) is 1.17. The van der Waals surface area contributed by atoms with Crippen molar-refractivity contribution >= 4 is 29.4 Å². The highest BCUT2D eigenvalue weighted by Gasteiger charge is 2.47. The third-order valence-electron chi connectivity index (χ3n) is 5.47. The lowest BCUT2D eigenvalue weighted by atomic mass is 10.0. The van der Waals surface area contributed by atoms with Gasteiger partial charge in [-0.05, 0) is 37.1 Å². The van der Waals surface area contributed by atoms with Gasteiger partial charge in [0.25, 0.3) is 5.91 Å². The molecule has 8 heteroatoms. The van der Waals surface area contributed by atoms with E-state index in [-0.39, 0.29) is 23.2 Å². The highest BCUT2D eigenvalue weighted by Crippen LogP contribution is 2.44. The summed E-state index contributed by atoms with van der Waals surface area (Å²) in [5, 5.41) is 2.60. The third kappa shape index (κ3) is 3.81. The zero-order chi connectivity index (χ0) is 20.4. The van der Waals surface area contributed by atoms with Crippen LogP contribution in [-0.2, 0) is 0 Å². The van der Waals surface area contributed by atoms with E-state index in [1.54, 1.807) is 45.8 Å². The van der Waals surface area contributed by atoms with Crippen LogP contribution >= 0.6 is 11.8 Å². The number of nitrogens with zero attached hydrogens (tertiary/aromatic N) is 2. The van der Waals surface area contributed by atoms with Crippen molar-refractivity contribution in [3.8, 4) is 0 Å². The third-order valence-corrected chi connectivity index (χ3v) is 7.03. The molecular formula is C21H21F2N3O2S. The second kappa shape index (κ2) is 8.02. The molecule has 0 aliphatic carbocycles. The van der Waals surface area contributed by atoms with Gasteiger partial charge in [0.15, 0.2) is 0 Å². The molecule has 2 saturated heterocycles. The second-order valence-corrected chi connectivity index (χ2v) is 8.59. The van der Waals surface area contributed by atoms with Gasteiger partial charge in [-0.25, -0.2) is 13.6 Å². The van der Waals surface area contributed by atoms with E-state index in [1.165, 1.54) is 24.3 Å². The van der Waals surface area contributed by atoms with Crippen LogP contribution in [0.2, 0.25) is 0 Å². The first-order chi connectivity index (χ1) is 14.0. The summed E-state index contributed by atoms with van der Waals surface area (Å²) in [5.74, 6) is -0.535. The van der Waals surface area contributed by atoms with Gasteiger partial charge in [-0.2, -0.15) is 0 Å². The standard InChI is InChI=1S/C21H21F2N3O2S/c22-16-6-2-1-5-15(16)19(27)26-13-14-29-21(26)9-11-25(12-10-21)20(28)24-18-8-4-3-7-17(18)23/h1-8H,9-14H2,(H,24,28). The number of carbonyl (C=O) groups excluding carboxylic acids is 2. The number of urea groups is 1. The summed E-state index contributed by atoms with van der Waals surface area (Å²) < 4.78 is 27.9. The molecule has 2 heterocycles. The maximum Gasteiger partial charge on any atom is 0.321 e. The quantitative estimate of drug-likeness (QED) is 0.798. The van der Waals surface area contributed by atoms with Gasteiger partial charge in [0.2, 0.25) is 0 Å². The lowest BCUT2D eigenvalue weighted by Crippen LogP contribution is -2.54.